The minimum absolute atomic E-state index is 0.224. The number of halogens is 1. The summed E-state index contributed by atoms with van der Waals surface area (Å²) < 4.78 is 13.1. The van der Waals surface area contributed by atoms with Crippen LogP contribution in [0.5, 0.6) is 0 Å². The summed E-state index contributed by atoms with van der Waals surface area (Å²) in [6, 6.07) is 12.0. The standard InChI is InChI=1S/C14H13BrN2O2S/c15-12-7-10(16)5-6-13(12)20(19)8-9-3-1-2-4-11(9)14(17)18/h1-7H,8,16H2,(H2,17,18). The molecule has 0 aliphatic rings. The van der Waals surface area contributed by atoms with E-state index in [0.29, 0.717) is 26.2 Å². The third-order valence-electron chi connectivity index (χ3n) is 2.77. The highest BCUT2D eigenvalue weighted by molar-refractivity contribution is 9.10. The lowest BCUT2D eigenvalue weighted by atomic mass is 10.1. The normalized spacial score (nSPS) is 12.1. The maximum absolute atomic E-state index is 12.4. The lowest BCUT2D eigenvalue weighted by Gasteiger charge is -2.08. The van der Waals surface area contributed by atoms with Gasteiger partial charge in [0, 0.05) is 15.7 Å². The Morgan fingerprint density at radius 2 is 1.90 bits per heavy atom. The molecule has 2 rings (SSSR count). The zero-order chi connectivity index (χ0) is 14.7. The molecule has 4 N–H and O–H groups in total. The quantitative estimate of drug-likeness (QED) is 0.828. The van der Waals surface area contributed by atoms with Gasteiger partial charge in [0.05, 0.1) is 21.4 Å². The first-order valence-corrected chi connectivity index (χ1v) is 7.91. The van der Waals surface area contributed by atoms with Crippen LogP contribution in [0.15, 0.2) is 51.8 Å². The largest absolute Gasteiger partial charge is 0.399 e. The summed E-state index contributed by atoms with van der Waals surface area (Å²) in [4.78, 5) is 12.0. The highest BCUT2D eigenvalue weighted by Crippen LogP contribution is 2.25. The monoisotopic (exact) mass is 352 g/mol. The van der Waals surface area contributed by atoms with Gasteiger partial charge in [-0.25, -0.2) is 0 Å². The van der Waals surface area contributed by atoms with Crippen molar-refractivity contribution in [1.82, 2.24) is 0 Å². The number of nitrogens with two attached hydrogens (primary N) is 2. The SMILES string of the molecule is NC(=O)c1ccccc1CS(=O)c1ccc(N)cc1Br. The molecule has 0 aliphatic heterocycles. The first-order chi connectivity index (χ1) is 9.49. The molecule has 6 heteroatoms. The second kappa shape index (κ2) is 6.19. The number of primary amides is 1. The van der Waals surface area contributed by atoms with Crippen molar-refractivity contribution >= 4 is 38.3 Å². The summed E-state index contributed by atoms with van der Waals surface area (Å²) in [6.07, 6.45) is 0. The summed E-state index contributed by atoms with van der Waals surface area (Å²) in [5.74, 6) is -0.296. The van der Waals surface area contributed by atoms with Gasteiger partial charge in [-0.3, -0.25) is 9.00 Å². The number of hydrogen-bond acceptors (Lipinski definition) is 3. The number of rotatable bonds is 4. The highest BCUT2D eigenvalue weighted by Gasteiger charge is 2.13. The molecule has 0 radical (unpaired) electrons. The van der Waals surface area contributed by atoms with Crippen molar-refractivity contribution in [2.24, 2.45) is 5.73 Å². The molecule has 4 nitrogen and oxygen atoms in total. The molecule has 0 heterocycles. The topological polar surface area (TPSA) is 86.2 Å². The molecular formula is C14H13BrN2O2S. The van der Waals surface area contributed by atoms with Gasteiger partial charge in [-0.15, -0.1) is 0 Å². The Hall–Kier alpha value is -1.66. The summed E-state index contributed by atoms with van der Waals surface area (Å²) in [5.41, 5.74) is 12.6. The molecule has 1 amide bonds. The minimum atomic E-state index is -1.29. The average Bonchev–Trinajstić information content (AvgIpc) is 2.38. The van der Waals surface area contributed by atoms with Crippen LogP contribution >= 0.6 is 15.9 Å². The zero-order valence-corrected chi connectivity index (χ0v) is 12.9. The van der Waals surface area contributed by atoms with Crippen LogP contribution in [-0.4, -0.2) is 10.1 Å². The number of hydrogen-bond donors (Lipinski definition) is 2. The highest BCUT2D eigenvalue weighted by atomic mass is 79.9. The molecule has 2 aromatic rings. The number of carbonyl (C=O) groups excluding carboxylic acids is 1. The molecule has 0 saturated heterocycles. The van der Waals surface area contributed by atoms with Crippen LogP contribution in [0.1, 0.15) is 15.9 Å². The Kier molecular flexibility index (Phi) is 4.57. The fourth-order valence-corrected chi connectivity index (χ4v) is 3.93. The molecule has 2 aromatic carbocycles. The van der Waals surface area contributed by atoms with E-state index in [0.717, 1.165) is 0 Å². The van der Waals surface area contributed by atoms with Crippen molar-refractivity contribution in [1.29, 1.82) is 0 Å². The fourth-order valence-electron chi connectivity index (χ4n) is 1.81. The van der Waals surface area contributed by atoms with Crippen LogP contribution in [0.2, 0.25) is 0 Å². The van der Waals surface area contributed by atoms with Crippen molar-refractivity contribution in [2.75, 3.05) is 5.73 Å². The maximum Gasteiger partial charge on any atom is 0.249 e. The smallest absolute Gasteiger partial charge is 0.249 e. The summed E-state index contributed by atoms with van der Waals surface area (Å²) >= 11 is 3.34. The first kappa shape index (κ1) is 14.7. The van der Waals surface area contributed by atoms with Gasteiger partial charge in [0.15, 0.2) is 0 Å². The Balaban J connectivity index is 2.30. The third kappa shape index (κ3) is 3.26. The number of carbonyl (C=O) groups is 1. The van der Waals surface area contributed by atoms with Crippen molar-refractivity contribution in [3.8, 4) is 0 Å². The van der Waals surface area contributed by atoms with Crippen molar-refractivity contribution < 1.29 is 9.00 Å². The lowest BCUT2D eigenvalue weighted by molar-refractivity contribution is 0.0999. The van der Waals surface area contributed by atoms with E-state index in [9.17, 15) is 9.00 Å². The molecule has 0 fully saturated rings. The van der Waals surface area contributed by atoms with Gasteiger partial charge in [0.25, 0.3) is 0 Å². The van der Waals surface area contributed by atoms with E-state index in [1.807, 2.05) is 0 Å². The van der Waals surface area contributed by atoms with E-state index >= 15 is 0 Å². The van der Waals surface area contributed by atoms with Crippen molar-refractivity contribution in [3.05, 3.63) is 58.1 Å². The lowest BCUT2D eigenvalue weighted by Crippen LogP contribution is -2.14. The minimum Gasteiger partial charge on any atom is -0.399 e. The molecule has 1 atom stereocenters. The zero-order valence-electron chi connectivity index (χ0n) is 10.5. The first-order valence-electron chi connectivity index (χ1n) is 5.80. The predicted octanol–water partition coefficient (Wildman–Crippen LogP) is 2.44. The van der Waals surface area contributed by atoms with E-state index in [2.05, 4.69) is 15.9 Å². The van der Waals surface area contributed by atoms with Gasteiger partial charge < -0.3 is 11.5 Å². The van der Waals surface area contributed by atoms with E-state index in [-0.39, 0.29) is 5.75 Å². The van der Waals surface area contributed by atoms with E-state index in [1.165, 1.54) is 0 Å². The van der Waals surface area contributed by atoms with Crippen LogP contribution < -0.4 is 11.5 Å². The molecular weight excluding hydrogens is 340 g/mol. The molecule has 0 spiro atoms. The summed E-state index contributed by atoms with van der Waals surface area (Å²) in [6.45, 7) is 0. The Labute approximate surface area is 127 Å². The summed E-state index contributed by atoms with van der Waals surface area (Å²) in [7, 11) is -1.29. The van der Waals surface area contributed by atoms with Crippen LogP contribution in [0.3, 0.4) is 0 Å². The number of anilines is 1. The summed E-state index contributed by atoms with van der Waals surface area (Å²) in [5, 5.41) is 0. The van der Waals surface area contributed by atoms with Gasteiger partial charge in [0.1, 0.15) is 0 Å². The van der Waals surface area contributed by atoms with E-state index < -0.39 is 16.7 Å². The Bertz CT molecular complexity index is 689. The van der Waals surface area contributed by atoms with Crippen molar-refractivity contribution in [3.63, 3.8) is 0 Å². The molecule has 0 aliphatic carbocycles. The van der Waals surface area contributed by atoms with Gasteiger partial charge >= 0.3 is 0 Å². The molecule has 1 unspecified atom stereocenters. The predicted molar refractivity (Wildman–Crippen MR) is 83.6 cm³/mol. The molecule has 20 heavy (non-hydrogen) atoms. The maximum atomic E-state index is 12.4. The Morgan fingerprint density at radius 1 is 1.20 bits per heavy atom. The second-order valence-corrected chi connectivity index (χ2v) is 6.47. The van der Waals surface area contributed by atoms with Gasteiger partial charge in [-0.2, -0.15) is 0 Å². The van der Waals surface area contributed by atoms with Gasteiger partial charge in [-0.05, 0) is 45.8 Å². The molecule has 0 saturated carbocycles. The average molecular weight is 353 g/mol. The van der Waals surface area contributed by atoms with Gasteiger partial charge in [0.2, 0.25) is 5.91 Å². The molecule has 0 aromatic heterocycles. The Morgan fingerprint density at radius 3 is 2.55 bits per heavy atom. The molecule has 104 valence electrons. The van der Waals surface area contributed by atoms with E-state index in [1.54, 1.807) is 42.5 Å². The number of nitrogen functional groups attached to an aromatic ring is 1. The van der Waals surface area contributed by atoms with Crippen LogP contribution in [0.25, 0.3) is 0 Å². The van der Waals surface area contributed by atoms with Crippen molar-refractivity contribution in [2.45, 2.75) is 10.6 Å². The van der Waals surface area contributed by atoms with E-state index in [4.69, 9.17) is 11.5 Å². The molecule has 0 bridgehead atoms. The number of benzene rings is 2. The fraction of sp³-hybridized carbons (Fsp3) is 0.0714. The second-order valence-electron chi connectivity index (χ2n) is 4.20. The number of amides is 1. The van der Waals surface area contributed by atoms with Gasteiger partial charge in [-0.1, -0.05) is 18.2 Å². The van der Waals surface area contributed by atoms with Crippen LogP contribution in [0, 0.1) is 0 Å². The third-order valence-corrected chi connectivity index (χ3v) is 5.11. The van der Waals surface area contributed by atoms with Crippen LogP contribution in [-0.2, 0) is 16.6 Å². The van der Waals surface area contributed by atoms with Crippen LogP contribution in [0.4, 0.5) is 5.69 Å².